The molecule has 0 saturated carbocycles. The Hall–Kier alpha value is -2.97. The maximum absolute atomic E-state index is 13.3. The van der Waals surface area contributed by atoms with Crippen LogP contribution in [0.1, 0.15) is 11.1 Å². The van der Waals surface area contributed by atoms with E-state index in [0.29, 0.717) is 6.07 Å². The molecule has 0 unspecified atom stereocenters. The topological polar surface area (TPSA) is 50.4 Å². The number of halogens is 6. The van der Waals surface area contributed by atoms with Crippen LogP contribution >= 0.6 is 0 Å². The van der Waals surface area contributed by atoms with Gasteiger partial charge in [-0.25, -0.2) is 4.79 Å². The number of hydrogen-bond donors (Lipinski definition) is 1. The minimum absolute atomic E-state index is 0.111. The lowest BCUT2D eigenvalue weighted by molar-refractivity contribution is -0.161. The van der Waals surface area contributed by atoms with Crippen molar-refractivity contribution in [3.05, 3.63) is 64.0 Å². The van der Waals surface area contributed by atoms with Gasteiger partial charge in [0.15, 0.2) is 0 Å². The molecule has 26 heavy (non-hydrogen) atoms. The molecule has 2 aromatic carbocycles. The first-order chi connectivity index (χ1) is 12.0. The van der Waals surface area contributed by atoms with E-state index in [1.54, 1.807) is 0 Å². The number of rotatable bonds is 1. The molecule has 0 fully saturated rings. The first-order valence-electron chi connectivity index (χ1n) is 7.03. The highest BCUT2D eigenvalue weighted by Crippen LogP contribution is 2.45. The third-order valence-electron chi connectivity index (χ3n) is 3.66. The smallest absolute Gasteiger partial charge is 0.417 e. The monoisotopic (exact) mass is 374 g/mol. The van der Waals surface area contributed by atoms with Crippen LogP contribution < -0.4 is 5.63 Å². The second-order valence-corrected chi connectivity index (χ2v) is 5.39. The zero-order valence-electron chi connectivity index (χ0n) is 12.6. The predicted octanol–water partition coefficient (Wildman–Crippen LogP) is 5.20. The Kier molecular flexibility index (Phi) is 3.97. The lowest BCUT2D eigenvalue weighted by Gasteiger charge is -2.18. The average molecular weight is 374 g/mol. The number of aromatic hydroxyl groups is 1. The summed E-state index contributed by atoms with van der Waals surface area (Å²) in [5, 5.41) is 9.36. The first-order valence-corrected chi connectivity index (χ1v) is 7.03. The van der Waals surface area contributed by atoms with Gasteiger partial charge in [-0.1, -0.05) is 18.2 Å². The molecule has 0 atom stereocenters. The van der Waals surface area contributed by atoms with Gasteiger partial charge in [-0.05, 0) is 29.7 Å². The number of alkyl halides is 6. The Labute approximate surface area is 141 Å². The SMILES string of the molecule is O=c1oc(-c2cccc(C(F)(F)F)c2C(F)(F)F)cc2ccc(O)cc12. The molecule has 1 N–H and O–H groups in total. The molecule has 1 aromatic heterocycles. The molecule has 0 saturated heterocycles. The summed E-state index contributed by atoms with van der Waals surface area (Å²) in [6, 6.07) is 6.39. The molecule has 0 aliphatic carbocycles. The number of fused-ring (bicyclic) bond motifs is 1. The summed E-state index contributed by atoms with van der Waals surface area (Å²) in [5.74, 6) is -0.931. The molecule has 3 aromatic rings. The van der Waals surface area contributed by atoms with Crippen molar-refractivity contribution < 1.29 is 35.9 Å². The number of phenols is 1. The molecule has 9 heteroatoms. The second kappa shape index (κ2) is 5.79. The quantitative estimate of drug-likeness (QED) is 0.596. The fourth-order valence-corrected chi connectivity index (χ4v) is 2.60. The zero-order valence-corrected chi connectivity index (χ0v) is 12.6. The molecule has 0 aliphatic heterocycles. The van der Waals surface area contributed by atoms with Crippen molar-refractivity contribution in [1.82, 2.24) is 0 Å². The van der Waals surface area contributed by atoms with Crippen LogP contribution in [0, 0.1) is 0 Å². The summed E-state index contributed by atoms with van der Waals surface area (Å²) in [6.45, 7) is 0. The van der Waals surface area contributed by atoms with E-state index in [9.17, 15) is 36.2 Å². The predicted molar refractivity (Wildman–Crippen MR) is 79.6 cm³/mol. The van der Waals surface area contributed by atoms with Crippen LogP contribution in [0.5, 0.6) is 5.75 Å². The Morgan fingerprint density at radius 3 is 2.19 bits per heavy atom. The van der Waals surface area contributed by atoms with Crippen LogP contribution in [0.2, 0.25) is 0 Å². The Morgan fingerprint density at radius 2 is 1.58 bits per heavy atom. The molecule has 0 spiro atoms. The summed E-state index contributed by atoms with van der Waals surface area (Å²) >= 11 is 0. The molecule has 0 aliphatic rings. The Balaban J connectivity index is 2.36. The normalized spacial score (nSPS) is 12.5. The Bertz CT molecular complexity index is 1050. The van der Waals surface area contributed by atoms with Crippen molar-refractivity contribution in [2.75, 3.05) is 0 Å². The number of hydrogen-bond acceptors (Lipinski definition) is 3. The standard InChI is InChI=1S/C17H8F6O3/c18-16(19,20)12-3-1-2-10(14(12)17(21,22)23)13-6-8-4-5-9(24)7-11(8)15(25)26-13/h1-7,24H. The van der Waals surface area contributed by atoms with Gasteiger partial charge in [-0.15, -0.1) is 0 Å². The number of benzene rings is 2. The van der Waals surface area contributed by atoms with Gasteiger partial charge in [0.25, 0.3) is 0 Å². The minimum Gasteiger partial charge on any atom is -0.508 e. The van der Waals surface area contributed by atoms with Gasteiger partial charge in [-0.2, -0.15) is 26.3 Å². The highest BCUT2D eigenvalue weighted by Gasteiger charge is 2.45. The van der Waals surface area contributed by atoms with Gasteiger partial charge in [0.05, 0.1) is 16.5 Å². The molecular weight excluding hydrogens is 366 g/mol. The third kappa shape index (κ3) is 3.12. The maximum atomic E-state index is 13.3. The largest absolute Gasteiger partial charge is 0.508 e. The van der Waals surface area contributed by atoms with Crippen molar-refractivity contribution in [2.24, 2.45) is 0 Å². The van der Waals surface area contributed by atoms with Crippen molar-refractivity contribution >= 4 is 10.8 Å². The van der Waals surface area contributed by atoms with Crippen LogP contribution in [0.3, 0.4) is 0 Å². The van der Waals surface area contributed by atoms with Crippen LogP contribution in [0.15, 0.2) is 51.7 Å². The van der Waals surface area contributed by atoms with Gasteiger partial charge in [0.2, 0.25) is 0 Å². The van der Waals surface area contributed by atoms with E-state index in [4.69, 9.17) is 4.42 Å². The van der Waals surface area contributed by atoms with E-state index in [1.165, 1.54) is 12.1 Å². The van der Waals surface area contributed by atoms with E-state index in [2.05, 4.69) is 0 Å². The van der Waals surface area contributed by atoms with Gasteiger partial charge >= 0.3 is 18.0 Å². The van der Waals surface area contributed by atoms with E-state index in [1.807, 2.05) is 0 Å². The molecular formula is C17H8F6O3. The highest BCUT2D eigenvalue weighted by atomic mass is 19.4. The van der Waals surface area contributed by atoms with E-state index in [-0.39, 0.29) is 16.5 Å². The van der Waals surface area contributed by atoms with Crippen LogP contribution in [-0.2, 0) is 12.4 Å². The molecule has 0 bridgehead atoms. The minimum atomic E-state index is -5.33. The van der Waals surface area contributed by atoms with Gasteiger partial charge in [0.1, 0.15) is 11.5 Å². The lowest BCUT2D eigenvalue weighted by atomic mass is 9.97. The molecule has 3 nitrogen and oxygen atoms in total. The first kappa shape index (κ1) is 17.8. The fraction of sp³-hybridized carbons (Fsp3) is 0.118. The van der Waals surface area contributed by atoms with Gasteiger partial charge in [-0.3, -0.25) is 0 Å². The summed E-state index contributed by atoms with van der Waals surface area (Å²) < 4.78 is 83.9. The summed E-state index contributed by atoms with van der Waals surface area (Å²) in [6.07, 6.45) is -10.6. The maximum Gasteiger partial charge on any atom is 0.417 e. The summed E-state index contributed by atoms with van der Waals surface area (Å²) in [5.41, 5.74) is -5.80. The van der Waals surface area contributed by atoms with Crippen molar-refractivity contribution in [3.63, 3.8) is 0 Å². The molecule has 0 radical (unpaired) electrons. The summed E-state index contributed by atoms with van der Waals surface area (Å²) in [7, 11) is 0. The summed E-state index contributed by atoms with van der Waals surface area (Å²) in [4.78, 5) is 12.0. The van der Waals surface area contributed by atoms with Crippen molar-refractivity contribution in [2.45, 2.75) is 12.4 Å². The van der Waals surface area contributed by atoms with E-state index in [0.717, 1.165) is 24.3 Å². The lowest BCUT2D eigenvalue weighted by Crippen LogP contribution is -2.18. The fourth-order valence-electron chi connectivity index (χ4n) is 2.60. The molecule has 1 heterocycles. The van der Waals surface area contributed by atoms with Gasteiger partial charge in [0, 0.05) is 5.56 Å². The molecule has 0 amide bonds. The van der Waals surface area contributed by atoms with Gasteiger partial charge < -0.3 is 9.52 Å². The van der Waals surface area contributed by atoms with Crippen LogP contribution in [0.25, 0.3) is 22.1 Å². The van der Waals surface area contributed by atoms with Crippen LogP contribution in [-0.4, -0.2) is 5.11 Å². The van der Waals surface area contributed by atoms with Crippen molar-refractivity contribution in [1.29, 1.82) is 0 Å². The van der Waals surface area contributed by atoms with E-state index >= 15 is 0 Å². The number of phenolic OH excluding ortho intramolecular Hbond substituents is 1. The van der Waals surface area contributed by atoms with E-state index < -0.39 is 40.4 Å². The Morgan fingerprint density at radius 1 is 0.885 bits per heavy atom. The molecule has 136 valence electrons. The third-order valence-corrected chi connectivity index (χ3v) is 3.66. The van der Waals surface area contributed by atoms with Crippen LogP contribution in [0.4, 0.5) is 26.3 Å². The molecule has 3 rings (SSSR count). The van der Waals surface area contributed by atoms with Crippen molar-refractivity contribution in [3.8, 4) is 17.1 Å². The average Bonchev–Trinajstić information content (AvgIpc) is 2.53. The second-order valence-electron chi connectivity index (χ2n) is 5.39. The zero-order chi connectivity index (χ0) is 19.3. The highest BCUT2D eigenvalue weighted by molar-refractivity contribution is 5.85.